The zero-order chi connectivity index (χ0) is 11.4. The maximum atomic E-state index is 9.65. The SMILES string of the molecule is Oc1ccccc1CCc1ccccc1Br. The van der Waals surface area contributed by atoms with Gasteiger partial charge in [0.1, 0.15) is 5.75 Å². The monoisotopic (exact) mass is 276 g/mol. The summed E-state index contributed by atoms with van der Waals surface area (Å²) in [5, 5.41) is 9.65. The van der Waals surface area contributed by atoms with Crippen molar-refractivity contribution in [2.45, 2.75) is 12.8 Å². The summed E-state index contributed by atoms with van der Waals surface area (Å²) in [6.45, 7) is 0. The summed E-state index contributed by atoms with van der Waals surface area (Å²) in [5.41, 5.74) is 2.27. The van der Waals surface area contributed by atoms with Crippen LogP contribution in [-0.4, -0.2) is 5.11 Å². The molecule has 0 aromatic heterocycles. The fraction of sp³-hybridized carbons (Fsp3) is 0.143. The van der Waals surface area contributed by atoms with Gasteiger partial charge in [-0.15, -0.1) is 0 Å². The van der Waals surface area contributed by atoms with Crippen LogP contribution in [0.1, 0.15) is 11.1 Å². The van der Waals surface area contributed by atoms with Crippen molar-refractivity contribution < 1.29 is 5.11 Å². The quantitative estimate of drug-likeness (QED) is 0.901. The van der Waals surface area contributed by atoms with Crippen LogP contribution in [0.3, 0.4) is 0 Å². The van der Waals surface area contributed by atoms with Crippen LogP contribution in [0.2, 0.25) is 0 Å². The second-order valence-electron chi connectivity index (χ2n) is 3.72. The number of aryl methyl sites for hydroxylation is 2. The molecule has 2 rings (SSSR count). The summed E-state index contributed by atoms with van der Waals surface area (Å²) in [4.78, 5) is 0. The van der Waals surface area contributed by atoms with Gasteiger partial charge >= 0.3 is 0 Å². The van der Waals surface area contributed by atoms with Crippen LogP contribution in [0.5, 0.6) is 5.75 Å². The number of hydrogen-bond donors (Lipinski definition) is 1. The summed E-state index contributed by atoms with van der Waals surface area (Å²) in [5.74, 6) is 0.384. The minimum Gasteiger partial charge on any atom is -0.508 e. The van der Waals surface area contributed by atoms with Gasteiger partial charge in [0.05, 0.1) is 0 Å². The Hall–Kier alpha value is -1.28. The molecule has 0 heterocycles. The first-order valence-corrected chi connectivity index (χ1v) is 6.07. The Labute approximate surface area is 104 Å². The highest BCUT2D eigenvalue weighted by Gasteiger charge is 2.02. The maximum Gasteiger partial charge on any atom is 0.118 e. The van der Waals surface area contributed by atoms with Gasteiger partial charge < -0.3 is 5.11 Å². The van der Waals surface area contributed by atoms with Crippen molar-refractivity contribution >= 4 is 15.9 Å². The average Bonchev–Trinajstić information content (AvgIpc) is 2.30. The first-order valence-electron chi connectivity index (χ1n) is 5.27. The lowest BCUT2D eigenvalue weighted by Crippen LogP contribution is -1.92. The standard InChI is InChI=1S/C14H13BrO/c15-13-7-3-1-5-11(13)9-10-12-6-2-4-8-14(12)16/h1-8,16H,9-10H2. The zero-order valence-electron chi connectivity index (χ0n) is 8.86. The van der Waals surface area contributed by atoms with Gasteiger partial charge in [0.15, 0.2) is 0 Å². The Kier molecular flexibility index (Phi) is 3.62. The third-order valence-corrected chi connectivity index (χ3v) is 3.39. The number of para-hydroxylation sites is 1. The Bertz CT molecular complexity index is 434. The van der Waals surface area contributed by atoms with E-state index in [4.69, 9.17) is 0 Å². The first-order chi connectivity index (χ1) is 7.77. The van der Waals surface area contributed by atoms with Crippen LogP contribution in [0.15, 0.2) is 53.0 Å². The first kappa shape index (κ1) is 11.2. The molecular formula is C14H13BrO. The van der Waals surface area contributed by atoms with Crippen molar-refractivity contribution in [3.63, 3.8) is 0 Å². The number of rotatable bonds is 3. The van der Waals surface area contributed by atoms with Gasteiger partial charge in [0.25, 0.3) is 0 Å². The highest BCUT2D eigenvalue weighted by molar-refractivity contribution is 9.10. The lowest BCUT2D eigenvalue weighted by molar-refractivity contribution is 0.468. The zero-order valence-corrected chi connectivity index (χ0v) is 10.4. The predicted molar refractivity (Wildman–Crippen MR) is 69.7 cm³/mol. The molecule has 82 valence electrons. The van der Waals surface area contributed by atoms with Crippen molar-refractivity contribution in [1.82, 2.24) is 0 Å². The highest BCUT2D eigenvalue weighted by atomic mass is 79.9. The molecule has 0 saturated heterocycles. The van der Waals surface area contributed by atoms with Gasteiger partial charge in [0.2, 0.25) is 0 Å². The van der Waals surface area contributed by atoms with Crippen LogP contribution >= 0.6 is 15.9 Å². The molecule has 0 atom stereocenters. The van der Waals surface area contributed by atoms with E-state index in [1.807, 2.05) is 36.4 Å². The number of hydrogen-bond acceptors (Lipinski definition) is 1. The highest BCUT2D eigenvalue weighted by Crippen LogP contribution is 2.21. The molecule has 16 heavy (non-hydrogen) atoms. The summed E-state index contributed by atoms with van der Waals surface area (Å²) < 4.78 is 1.13. The molecule has 0 fully saturated rings. The van der Waals surface area contributed by atoms with E-state index in [2.05, 4.69) is 22.0 Å². The number of phenols is 1. The van der Waals surface area contributed by atoms with Crippen molar-refractivity contribution in [3.05, 3.63) is 64.1 Å². The summed E-state index contributed by atoms with van der Waals surface area (Å²) in [7, 11) is 0. The van der Waals surface area contributed by atoms with Crippen LogP contribution < -0.4 is 0 Å². The normalized spacial score (nSPS) is 10.3. The molecule has 2 heteroatoms. The molecule has 0 bridgehead atoms. The maximum absolute atomic E-state index is 9.65. The molecule has 0 unspecified atom stereocenters. The minimum atomic E-state index is 0.384. The van der Waals surface area contributed by atoms with E-state index >= 15 is 0 Å². The van der Waals surface area contributed by atoms with Crippen LogP contribution in [0.4, 0.5) is 0 Å². The molecule has 2 aromatic rings. The van der Waals surface area contributed by atoms with Gasteiger partial charge in [-0.25, -0.2) is 0 Å². The van der Waals surface area contributed by atoms with Gasteiger partial charge in [0, 0.05) is 4.47 Å². The summed E-state index contributed by atoms with van der Waals surface area (Å²) in [6.07, 6.45) is 1.79. The third kappa shape index (κ3) is 2.64. The second-order valence-corrected chi connectivity index (χ2v) is 4.57. The van der Waals surface area contributed by atoms with E-state index in [0.29, 0.717) is 5.75 Å². The number of halogens is 1. The Balaban J connectivity index is 2.09. The topological polar surface area (TPSA) is 20.2 Å². The van der Waals surface area contributed by atoms with Crippen molar-refractivity contribution in [2.75, 3.05) is 0 Å². The molecule has 1 nitrogen and oxygen atoms in total. The predicted octanol–water partition coefficient (Wildman–Crippen LogP) is 3.94. The van der Waals surface area contributed by atoms with Gasteiger partial charge in [-0.2, -0.15) is 0 Å². The molecule has 0 aliphatic carbocycles. The fourth-order valence-corrected chi connectivity index (χ4v) is 2.18. The largest absolute Gasteiger partial charge is 0.508 e. The molecule has 0 aliphatic rings. The number of benzene rings is 2. The molecule has 0 aliphatic heterocycles. The van der Waals surface area contributed by atoms with Gasteiger partial charge in [-0.3, -0.25) is 0 Å². The third-order valence-electron chi connectivity index (χ3n) is 2.61. The Morgan fingerprint density at radius 1 is 0.812 bits per heavy atom. The second kappa shape index (κ2) is 5.17. The minimum absolute atomic E-state index is 0.384. The van der Waals surface area contributed by atoms with E-state index in [1.165, 1.54) is 5.56 Å². The summed E-state index contributed by atoms with van der Waals surface area (Å²) in [6, 6.07) is 15.7. The van der Waals surface area contributed by atoms with Gasteiger partial charge in [-0.05, 0) is 36.1 Å². The molecule has 1 N–H and O–H groups in total. The van der Waals surface area contributed by atoms with Crippen molar-refractivity contribution in [3.8, 4) is 5.75 Å². The van der Waals surface area contributed by atoms with Gasteiger partial charge in [-0.1, -0.05) is 52.3 Å². The lowest BCUT2D eigenvalue weighted by atomic mass is 10.0. The van der Waals surface area contributed by atoms with Crippen LogP contribution in [-0.2, 0) is 12.8 Å². The van der Waals surface area contributed by atoms with E-state index < -0.39 is 0 Å². The van der Waals surface area contributed by atoms with E-state index in [0.717, 1.165) is 22.9 Å². The average molecular weight is 277 g/mol. The molecule has 0 saturated carbocycles. The molecule has 0 amide bonds. The summed E-state index contributed by atoms with van der Waals surface area (Å²) >= 11 is 3.53. The van der Waals surface area contributed by atoms with E-state index in [1.54, 1.807) is 6.07 Å². The fourth-order valence-electron chi connectivity index (χ4n) is 1.69. The van der Waals surface area contributed by atoms with Crippen LogP contribution in [0, 0.1) is 0 Å². The number of aromatic hydroxyl groups is 1. The lowest BCUT2D eigenvalue weighted by Gasteiger charge is -2.06. The Morgan fingerprint density at radius 3 is 2.06 bits per heavy atom. The molecular weight excluding hydrogens is 264 g/mol. The van der Waals surface area contributed by atoms with Crippen molar-refractivity contribution in [2.24, 2.45) is 0 Å². The van der Waals surface area contributed by atoms with E-state index in [9.17, 15) is 5.11 Å². The van der Waals surface area contributed by atoms with Crippen LogP contribution in [0.25, 0.3) is 0 Å². The number of phenolic OH excluding ortho intramolecular Hbond substituents is 1. The molecule has 0 spiro atoms. The molecule has 0 radical (unpaired) electrons. The van der Waals surface area contributed by atoms with E-state index in [-0.39, 0.29) is 0 Å². The van der Waals surface area contributed by atoms with Crippen molar-refractivity contribution in [1.29, 1.82) is 0 Å². The molecule has 2 aromatic carbocycles. The smallest absolute Gasteiger partial charge is 0.118 e. The Morgan fingerprint density at radius 2 is 1.38 bits per heavy atom.